The average Bonchev–Trinajstić information content (AvgIpc) is 2.74. The molecule has 30 heavy (non-hydrogen) atoms. The summed E-state index contributed by atoms with van der Waals surface area (Å²) < 4.78 is 33.3. The lowest BCUT2D eigenvalue weighted by molar-refractivity contribution is 0.0946. The van der Waals surface area contributed by atoms with Crippen molar-refractivity contribution in [3.05, 3.63) is 58.7 Å². The van der Waals surface area contributed by atoms with Crippen LogP contribution in [0.25, 0.3) is 0 Å². The number of benzene rings is 2. The van der Waals surface area contributed by atoms with Gasteiger partial charge in [-0.25, -0.2) is 8.42 Å². The Balaban J connectivity index is 1.62. The number of piperidine rings is 1. The lowest BCUT2D eigenvalue weighted by atomic mass is 10.1. The minimum absolute atomic E-state index is 0.212. The molecule has 0 aliphatic carbocycles. The Hall–Kier alpha value is -2.38. The maximum atomic E-state index is 13.0. The third-order valence-corrected chi connectivity index (χ3v) is 7.56. The number of carbonyl (C=O) groups excluding carboxylic acids is 1. The normalized spacial score (nSPS) is 15.0. The molecule has 0 spiro atoms. The van der Waals surface area contributed by atoms with Gasteiger partial charge in [0, 0.05) is 18.7 Å². The van der Waals surface area contributed by atoms with Crippen LogP contribution in [0, 0.1) is 20.8 Å². The number of hydrogen-bond acceptors (Lipinski definition) is 4. The van der Waals surface area contributed by atoms with Crippen LogP contribution in [0.4, 0.5) is 0 Å². The van der Waals surface area contributed by atoms with Crippen LogP contribution in [-0.2, 0) is 10.0 Å². The standard InChI is InChI=1S/C23H30N2O4S/c1-17-8-10-21(15-19(17)3)29-14-11-24-23(26)20-9-7-18(2)22(16-20)30(27,28)25-12-5-4-6-13-25/h7-10,15-16H,4-6,11-14H2,1-3H3,(H,24,26). The van der Waals surface area contributed by atoms with E-state index in [1.54, 1.807) is 19.1 Å². The van der Waals surface area contributed by atoms with Crippen LogP contribution in [0.2, 0.25) is 0 Å². The van der Waals surface area contributed by atoms with Crippen LogP contribution in [0.3, 0.4) is 0 Å². The summed E-state index contributed by atoms with van der Waals surface area (Å²) in [6, 6.07) is 10.7. The number of carbonyl (C=O) groups is 1. The van der Waals surface area contributed by atoms with Crippen molar-refractivity contribution < 1.29 is 17.9 Å². The molecule has 3 rings (SSSR count). The van der Waals surface area contributed by atoms with Gasteiger partial charge in [0.05, 0.1) is 11.4 Å². The molecule has 1 heterocycles. The predicted octanol–water partition coefficient (Wildman–Crippen LogP) is 3.60. The first-order valence-corrected chi connectivity index (χ1v) is 11.8. The summed E-state index contributed by atoms with van der Waals surface area (Å²) in [5.74, 6) is 0.450. The molecule has 162 valence electrons. The number of nitrogens with zero attached hydrogens (tertiary/aromatic N) is 1. The van der Waals surface area contributed by atoms with Gasteiger partial charge < -0.3 is 10.1 Å². The van der Waals surface area contributed by atoms with E-state index in [2.05, 4.69) is 5.32 Å². The van der Waals surface area contributed by atoms with Crippen molar-refractivity contribution >= 4 is 15.9 Å². The Morgan fingerprint density at radius 3 is 2.37 bits per heavy atom. The number of amides is 1. The molecule has 1 saturated heterocycles. The molecule has 0 radical (unpaired) electrons. The Morgan fingerprint density at radius 2 is 1.67 bits per heavy atom. The number of rotatable bonds is 7. The van der Waals surface area contributed by atoms with Crippen LogP contribution in [-0.4, -0.2) is 44.9 Å². The Bertz CT molecular complexity index is 1010. The predicted molar refractivity (Wildman–Crippen MR) is 118 cm³/mol. The van der Waals surface area contributed by atoms with E-state index in [1.807, 2.05) is 32.0 Å². The molecule has 0 aromatic heterocycles. The fraction of sp³-hybridized carbons (Fsp3) is 0.435. The van der Waals surface area contributed by atoms with E-state index in [1.165, 1.54) is 15.9 Å². The summed E-state index contributed by atoms with van der Waals surface area (Å²) in [5, 5.41) is 2.80. The molecule has 0 unspecified atom stereocenters. The minimum Gasteiger partial charge on any atom is -0.492 e. The van der Waals surface area contributed by atoms with E-state index in [9.17, 15) is 13.2 Å². The lowest BCUT2D eigenvalue weighted by Gasteiger charge is -2.26. The maximum absolute atomic E-state index is 13.0. The van der Waals surface area contributed by atoms with Gasteiger partial charge in [-0.05, 0) is 74.6 Å². The van der Waals surface area contributed by atoms with E-state index in [0.29, 0.717) is 37.4 Å². The molecule has 0 atom stereocenters. The second kappa shape index (κ2) is 9.62. The summed E-state index contributed by atoms with van der Waals surface area (Å²) in [4.78, 5) is 12.8. The van der Waals surface area contributed by atoms with Gasteiger partial charge in [0.1, 0.15) is 12.4 Å². The van der Waals surface area contributed by atoms with Crippen LogP contribution in [0.5, 0.6) is 5.75 Å². The second-order valence-electron chi connectivity index (χ2n) is 7.80. The Morgan fingerprint density at radius 1 is 0.967 bits per heavy atom. The Labute approximate surface area is 179 Å². The third kappa shape index (κ3) is 5.21. The first kappa shape index (κ1) is 22.3. The molecule has 0 bridgehead atoms. The van der Waals surface area contributed by atoms with E-state index in [0.717, 1.165) is 30.6 Å². The van der Waals surface area contributed by atoms with Crippen molar-refractivity contribution in [2.24, 2.45) is 0 Å². The summed E-state index contributed by atoms with van der Waals surface area (Å²) in [6.45, 7) is 7.56. The highest BCUT2D eigenvalue weighted by Gasteiger charge is 2.28. The number of aryl methyl sites for hydroxylation is 3. The molecule has 0 saturated carbocycles. The average molecular weight is 431 g/mol. The smallest absolute Gasteiger partial charge is 0.251 e. The van der Waals surface area contributed by atoms with Crippen molar-refractivity contribution in [1.29, 1.82) is 0 Å². The first-order chi connectivity index (χ1) is 14.3. The monoisotopic (exact) mass is 430 g/mol. The zero-order valence-electron chi connectivity index (χ0n) is 17.9. The molecule has 1 fully saturated rings. The SMILES string of the molecule is Cc1ccc(OCCNC(=O)c2ccc(C)c(S(=O)(=O)N3CCCCC3)c2)cc1C. The summed E-state index contributed by atoms with van der Waals surface area (Å²) >= 11 is 0. The van der Waals surface area contributed by atoms with Crippen molar-refractivity contribution in [2.45, 2.75) is 44.9 Å². The number of sulfonamides is 1. The zero-order valence-corrected chi connectivity index (χ0v) is 18.7. The molecule has 1 aliphatic rings. The molecule has 2 aromatic rings. The molecule has 1 aliphatic heterocycles. The Kier molecular flexibility index (Phi) is 7.15. The van der Waals surface area contributed by atoms with E-state index < -0.39 is 10.0 Å². The van der Waals surface area contributed by atoms with Crippen LogP contribution >= 0.6 is 0 Å². The largest absolute Gasteiger partial charge is 0.492 e. The summed E-state index contributed by atoms with van der Waals surface area (Å²) in [5.41, 5.74) is 3.33. The van der Waals surface area contributed by atoms with Gasteiger partial charge in [0.25, 0.3) is 5.91 Å². The fourth-order valence-corrected chi connectivity index (χ4v) is 5.27. The van der Waals surface area contributed by atoms with Gasteiger partial charge in [0.15, 0.2) is 0 Å². The van der Waals surface area contributed by atoms with Gasteiger partial charge in [0.2, 0.25) is 10.0 Å². The van der Waals surface area contributed by atoms with Crippen molar-refractivity contribution in [2.75, 3.05) is 26.2 Å². The molecule has 7 heteroatoms. The molecular weight excluding hydrogens is 400 g/mol. The molecular formula is C23H30N2O4S. The zero-order chi connectivity index (χ0) is 21.7. The molecule has 1 N–H and O–H groups in total. The second-order valence-corrected chi connectivity index (χ2v) is 9.70. The van der Waals surface area contributed by atoms with E-state index >= 15 is 0 Å². The third-order valence-electron chi connectivity index (χ3n) is 5.52. The molecule has 6 nitrogen and oxygen atoms in total. The van der Waals surface area contributed by atoms with Crippen molar-refractivity contribution in [3.8, 4) is 5.75 Å². The van der Waals surface area contributed by atoms with Gasteiger partial charge in [-0.15, -0.1) is 0 Å². The fourth-order valence-electron chi connectivity index (χ4n) is 3.50. The topological polar surface area (TPSA) is 75.7 Å². The highest BCUT2D eigenvalue weighted by molar-refractivity contribution is 7.89. The highest BCUT2D eigenvalue weighted by Crippen LogP contribution is 2.24. The summed E-state index contributed by atoms with van der Waals surface area (Å²) in [7, 11) is -3.59. The number of nitrogens with one attached hydrogen (secondary N) is 1. The number of ether oxygens (including phenoxy) is 1. The summed E-state index contributed by atoms with van der Waals surface area (Å²) in [6.07, 6.45) is 2.80. The van der Waals surface area contributed by atoms with Gasteiger partial charge in [-0.3, -0.25) is 4.79 Å². The van der Waals surface area contributed by atoms with Gasteiger partial charge in [-0.1, -0.05) is 18.6 Å². The van der Waals surface area contributed by atoms with Crippen LogP contribution in [0.15, 0.2) is 41.3 Å². The molecule has 2 aromatic carbocycles. The first-order valence-electron chi connectivity index (χ1n) is 10.4. The molecule has 1 amide bonds. The van der Waals surface area contributed by atoms with Gasteiger partial charge in [-0.2, -0.15) is 4.31 Å². The van der Waals surface area contributed by atoms with E-state index in [4.69, 9.17) is 4.74 Å². The van der Waals surface area contributed by atoms with Crippen LogP contribution in [0.1, 0.15) is 46.3 Å². The number of hydrogen-bond donors (Lipinski definition) is 1. The minimum atomic E-state index is -3.59. The van der Waals surface area contributed by atoms with Gasteiger partial charge >= 0.3 is 0 Å². The quantitative estimate of drug-likeness (QED) is 0.681. The van der Waals surface area contributed by atoms with Crippen LogP contribution < -0.4 is 10.1 Å². The highest BCUT2D eigenvalue weighted by atomic mass is 32.2. The van der Waals surface area contributed by atoms with Crippen molar-refractivity contribution in [1.82, 2.24) is 9.62 Å². The van der Waals surface area contributed by atoms with E-state index in [-0.39, 0.29) is 10.8 Å². The lowest BCUT2D eigenvalue weighted by Crippen LogP contribution is -2.36. The maximum Gasteiger partial charge on any atom is 0.251 e. The van der Waals surface area contributed by atoms with Crippen molar-refractivity contribution in [3.63, 3.8) is 0 Å².